The Morgan fingerprint density at radius 2 is 1.44 bits per heavy atom. The molecule has 50 heavy (non-hydrogen) atoms. The zero-order valence-corrected chi connectivity index (χ0v) is 29.3. The molecular formula is C41H53N5O4. The highest BCUT2D eigenvalue weighted by Crippen LogP contribution is 2.37. The fourth-order valence-corrected chi connectivity index (χ4v) is 7.94. The Kier molecular flexibility index (Phi) is 12.6. The summed E-state index contributed by atoms with van der Waals surface area (Å²) in [6.45, 7) is 5.87. The smallest absolute Gasteiger partial charge is 0.407 e. The molecule has 3 aliphatic heterocycles. The van der Waals surface area contributed by atoms with Crippen LogP contribution in [0.4, 0.5) is 4.79 Å². The van der Waals surface area contributed by atoms with Crippen LogP contribution in [0, 0.1) is 0 Å². The Hall–Kier alpha value is -4.21. The number of aryl methyl sites for hydroxylation is 1. The van der Waals surface area contributed by atoms with E-state index in [9.17, 15) is 14.4 Å². The number of unbranched alkanes of at least 4 members (excludes halogenated alkanes) is 2. The number of benzene rings is 3. The first-order valence-electron chi connectivity index (χ1n) is 18.6. The molecule has 0 radical (unpaired) electrons. The van der Waals surface area contributed by atoms with E-state index >= 15 is 0 Å². The van der Waals surface area contributed by atoms with Crippen molar-refractivity contribution in [3.8, 4) is 0 Å². The Balaban J connectivity index is 1.03. The lowest BCUT2D eigenvalue weighted by Gasteiger charge is -2.53. The van der Waals surface area contributed by atoms with Crippen LogP contribution in [0.2, 0.25) is 0 Å². The maximum atomic E-state index is 14.4. The lowest BCUT2D eigenvalue weighted by molar-refractivity contribution is -0.165. The third-order valence-corrected chi connectivity index (χ3v) is 10.7. The van der Waals surface area contributed by atoms with E-state index in [0.29, 0.717) is 38.6 Å². The number of alkyl carbamates (subject to hydrolysis) is 1. The molecule has 3 heterocycles. The fraction of sp³-hybridized carbons (Fsp3) is 0.488. The molecule has 3 fully saturated rings. The molecule has 0 aromatic heterocycles. The first-order chi connectivity index (χ1) is 24.5. The molecule has 0 saturated carbocycles. The molecular weight excluding hydrogens is 626 g/mol. The highest BCUT2D eigenvalue weighted by Gasteiger charge is 2.56. The SMILES string of the molecule is O=C(NCCCCC1NC(=O)C2(CCN(CCCCc3ccccc3)CC2)N(C2CCN(Cc3ccccc3)C2)C1=O)OCc1ccccc1. The van der Waals surface area contributed by atoms with Gasteiger partial charge in [-0.1, -0.05) is 91.0 Å². The maximum Gasteiger partial charge on any atom is 0.407 e. The van der Waals surface area contributed by atoms with Crippen LogP contribution in [-0.4, -0.2) is 89.5 Å². The van der Waals surface area contributed by atoms with Gasteiger partial charge < -0.3 is 25.2 Å². The minimum absolute atomic E-state index is 0.00921. The molecule has 3 aromatic carbocycles. The van der Waals surface area contributed by atoms with Crippen molar-refractivity contribution >= 4 is 17.9 Å². The van der Waals surface area contributed by atoms with Gasteiger partial charge in [-0.3, -0.25) is 14.5 Å². The second kappa shape index (κ2) is 17.6. The molecule has 0 bridgehead atoms. The van der Waals surface area contributed by atoms with Crippen LogP contribution in [0.15, 0.2) is 91.0 Å². The van der Waals surface area contributed by atoms with Crippen LogP contribution < -0.4 is 10.6 Å². The van der Waals surface area contributed by atoms with Crippen molar-refractivity contribution in [2.24, 2.45) is 0 Å². The number of hydrogen-bond donors (Lipinski definition) is 2. The molecule has 2 atom stereocenters. The number of nitrogens with zero attached hydrogens (tertiary/aromatic N) is 3. The van der Waals surface area contributed by atoms with Crippen LogP contribution in [0.1, 0.15) is 68.1 Å². The van der Waals surface area contributed by atoms with Gasteiger partial charge in [0, 0.05) is 45.3 Å². The number of carbonyl (C=O) groups excluding carboxylic acids is 3. The minimum Gasteiger partial charge on any atom is -0.445 e. The highest BCUT2D eigenvalue weighted by molar-refractivity contribution is 6.00. The number of amides is 3. The molecule has 2 unspecified atom stereocenters. The van der Waals surface area contributed by atoms with Gasteiger partial charge in [0.05, 0.1) is 0 Å². The maximum absolute atomic E-state index is 14.4. The summed E-state index contributed by atoms with van der Waals surface area (Å²) in [6, 6.07) is 30.2. The van der Waals surface area contributed by atoms with Crippen LogP contribution >= 0.6 is 0 Å². The number of piperidine rings is 1. The van der Waals surface area contributed by atoms with E-state index in [2.05, 4.69) is 75.0 Å². The zero-order valence-electron chi connectivity index (χ0n) is 29.3. The van der Waals surface area contributed by atoms with E-state index in [-0.39, 0.29) is 24.5 Å². The first kappa shape index (κ1) is 35.6. The number of likely N-dealkylation sites (tertiary alicyclic amines) is 2. The molecule has 9 heteroatoms. The van der Waals surface area contributed by atoms with Gasteiger partial charge in [0.2, 0.25) is 11.8 Å². The summed E-state index contributed by atoms with van der Waals surface area (Å²) in [5.41, 5.74) is 2.78. The molecule has 3 saturated heterocycles. The number of carbonyl (C=O) groups is 3. The third kappa shape index (κ3) is 9.31. The predicted octanol–water partition coefficient (Wildman–Crippen LogP) is 5.54. The first-order valence-corrected chi connectivity index (χ1v) is 18.6. The average molecular weight is 680 g/mol. The van der Waals surface area contributed by atoms with Crippen molar-refractivity contribution in [3.05, 3.63) is 108 Å². The van der Waals surface area contributed by atoms with Gasteiger partial charge in [-0.25, -0.2) is 4.79 Å². The standard InChI is InChI=1S/C41H53N5O4/c47-38-37(21-10-12-25-42-40(49)50-32-35-19-8-3-9-20-35)43-39(48)41(46(38)36-22-27-45(31-36)30-34-17-6-2-7-18-34)23-28-44(29-24-41)26-13-11-16-33-14-4-1-5-15-33/h1-9,14-15,17-20,36-37H,10-13,16,21-32H2,(H,42,49)(H,43,48). The summed E-state index contributed by atoms with van der Waals surface area (Å²) in [6.07, 6.45) is 7.05. The fourth-order valence-electron chi connectivity index (χ4n) is 7.94. The second-order valence-electron chi connectivity index (χ2n) is 14.2. The molecule has 0 aliphatic carbocycles. The molecule has 2 N–H and O–H groups in total. The quantitative estimate of drug-likeness (QED) is 0.205. The summed E-state index contributed by atoms with van der Waals surface area (Å²) in [5.74, 6) is 0.0673. The molecule has 266 valence electrons. The van der Waals surface area contributed by atoms with Gasteiger partial charge in [-0.2, -0.15) is 0 Å². The molecule has 1 spiro atoms. The molecule has 6 rings (SSSR count). The van der Waals surface area contributed by atoms with Crippen molar-refractivity contribution in [2.75, 3.05) is 39.3 Å². The summed E-state index contributed by atoms with van der Waals surface area (Å²) < 4.78 is 5.31. The van der Waals surface area contributed by atoms with E-state index in [0.717, 1.165) is 70.5 Å². The Morgan fingerprint density at radius 1 is 0.780 bits per heavy atom. The van der Waals surface area contributed by atoms with Crippen LogP contribution in [-0.2, 0) is 33.9 Å². The Labute approximate surface area is 297 Å². The number of rotatable bonds is 15. The van der Waals surface area contributed by atoms with Gasteiger partial charge in [-0.15, -0.1) is 0 Å². The second-order valence-corrected chi connectivity index (χ2v) is 14.2. The number of piperazine rings is 1. The summed E-state index contributed by atoms with van der Waals surface area (Å²) in [4.78, 5) is 47.7. The van der Waals surface area contributed by atoms with Crippen molar-refractivity contribution < 1.29 is 19.1 Å². The highest BCUT2D eigenvalue weighted by atomic mass is 16.5. The average Bonchev–Trinajstić information content (AvgIpc) is 3.60. The van der Waals surface area contributed by atoms with Gasteiger partial charge in [0.15, 0.2) is 0 Å². The van der Waals surface area contributed by atoms with Crippen molar-refractivity contribution in [1.82, 2.24) is 25.3 Å². The predicted molar refractivity (Wildman–Crippen MR) is 195 cm³/mol. The minimum atomic E-state index is -0.800. The summed E-state index contributed by atoms with van der Waals surface area (Å²) in [7, 11) is 0. The monoisotopic (exact) mass is 679 g/mol. The van der Waals surface area contributed by atoms with E-state index < -0.39 is 17.7 Å². The van der Waals surface area contributed by atoms with Crippen LogP contribution in [0.25, 0.3) is 0 Å². The van der Waals surface area contributed by atoms with E-state index in [1.54, 1.807) is 0 Å². The van der Waals surface area contributed by atoms with Gasteiger partial charge in [0.1, 0.15) is 18.2 Å². The summed E-state index contributed by atoms with van der Waals surface area (Å²) >= 11 is 0. The largest absolute Gasteiger partial charge is 0.445 e. The van der Waals surface area contributed by atoms with E-state index in [1.165, 1.54) is 11.1 Å². The normalized spacial score (nSPS) is 20.9. The molecule has 9 nitrogen and oxygen atoms in total. The lowest BCUT2D eigenvalue weighted by Crippen LogP contribution is -2.74. The van der Waals surface area contributed by atoms with Crippen LogP contribution in [0.3, 0.4) is 0 Å². The van der Waals surface area contributed by atoms with Gasteiger partial charge in [-0.05, 0) is 81.0 Å². The Bertz CT molecular complexity index is 1510. The number of ether oxygens (including phenoxy) is 1. The van der Waals surface area contributed by atoms with E-state index in [4.69, 9.17) is 4.74 Å². The van der Waals surface area contributed by atoms with E-state index in [1.807, 2.05) is 41.3 Å². The van der Waals surface area contributed by atoms with Crippen molar-refractivity contribution in [2.45, 2.75) is 88.6 Å². The Morgan fingerprint density at radius 3 is 2.14 bits per heavy atom. The van der Waals surface area contributed by atoms with Crippen LogP contribution in [0.5, 0.6) is 0 Å². The van der Waals surface area contributed by atoms with Gasteiger partial charge in [0.25, 0.3) is 0 Å². The molecule has 3 aliphatic rings. The van der Waals surface area contributed by atoms with Crippen molar-refractivity contribution in [3.63, 3.8) is 0 Å². The summed E-state index contributed by atoms with van der Waals surface area (Å²) in [5, 5.41) is 5.99. The van der Waals surface area contributed by atoms with Gasteiger partial charge >= 0.3 is 6.09 Å². The zero-order chi connectivity index (χ0) is 34.6. The molecule has 3 aromatic rings. The third-order valence-electron chi connectivity index (χ3n) is 10.7. The molecule has 3 amide bonds. The number of nitrogens with one attached hydrogen (secondary N) is 2. The lowest BCUT2D eigenvalue weighted by atomic mass is 9.80. The number of hydrogen-bond acceptors (Lipinski definition) is 6. The van der Waals surface area contributed by atoms with Crippen molar-refractivity contribution in [1.29, 1.82) is 0 Å². The topological polar surface area (TPSA) is 94.2 Å².